The first-order valence-electron chi connectivity index (χ1n) is 6.87. The Kier molecular flexibility index (Phi) is 4.39. The van der Waals surface area contributed by atoms with Gasteiger partial charge in [0.05, 0.1) is 12.5 Å². The number of likely N-dealkylation sites (tertiary alicyclic amines) is 1. The third kappa shape index (κ3) is 2.92. The van der Waals surface area contributed by atoms with Crippen molar-refractivity contribution < 1.29 is 14.3 Å². The van der Waals surface area contributed by atoms with Crippen molar-refractivity contribution in [1.82, 2.24) is 4.90 Å². The number of nitrogens with zero attached hydrogens (tertiary/aromatic N) is 1. The van der Waals surface area contributed by atoms with E-state index in [1.54, 1.807) is 0 Å². The monoisotopic (exact) mass is 251 g/mol. The molecule has 100 valence electrons. The van der Waals surface area contributed by atoms with E-state index in [1.165, 1.54) is 0 Å². The normalized spacial score (nSPS) is 23.7. The predicted octanol–water partition coefficient (Wildman–Crippen LogP) is 1.90. The maximum atomic E-state index is 12.2. The van der Waals surface area contributed by atoms with Crippen molar-refractivity contribution in [2.45, 2.75) is 39.0 Å². The van der Waals surface area contributed by atoms with Gasteiger partial charge in [-0.1, -0.05) is 6.08 Å². The van der Waals surface area contributed by atoms with Gasteiger partial charge >= 0.3 is 5.97 Å². The number of piperidine rings is 1. The number of allylic oxidation sites excluding steroid dienone is 1. The second-order valence-electron chi connectivity index (χ2n) is 4.96. The first-order valence-corrected chi connectivity index (χ1v) is 6.87. The highest BCUT2D eigenvalue weighted by Crippen LogP contribution is 2.24. The van der Waals surface area contributed by atoms with Gasteiger partial charge in [0.15, 0.2) is 0 Å². The highest BCUT2D eigenvalue weighted by atomic mass is 16.5. The minimum atomic E-state index is -0.157. The van der Waals surface area contributed by atoms with E-state index in [2.05, 4.69) is 0 Å². The molecule has 2 rings (SSSR count). The minimum absolute atomic E-state index is 0.126. The maximum Gasteiger partial charge on any atom is 0.310 e. The van der Waals surface area contributed by atoms with Crippen LogP contribution in [0.3, 0.4) is 0 Å². The lowest BCUT2D eigenvalue weighted by Gasteiger charge is -2.31. The first-order chi connectivity index (χ1) is 8.72. The molecule has 2 aliphatic rings. The molecule has 1 fully saturated rings. The summed E-state index contributed by atoms with van der Waals surface area (Å²) in [6.07, 6.45) is 6.74. The van der Waals surface area contributed by atoms with E-state index in [-0.39, 0.29) is 17.8 Å². The number of carbonyl (C=O) groups is 2. The zero-order valence-corrected chi connectivity index (χ0v) is 11.0. The fourth-order valence-electron chi connectivity index (χ4n) is 2.68. The molecule has 0 spiro atoms. The van der Waals surface area contributed by atoms with Crippen LogP contribution in [0, 0.1) is 5.92 Å². The van der Waals surface area contributed by atoms with E-state index < -0.39 is 0 Å². The van der Waals surface area contributed by atoms with Crippen LogP contribution in [0.25, 0.3) is 0 Å². The number of carbonyl (C=O) groups excluding carboxylic acids is 2. The number of amides is 1. The molecule has 18 heavy (non-hydrogen) atoms. The standard InChI is InChI=1S/C14H21NO3/c1-2-18-14(17)12-8-5-9-15(10-12)13(16)11-6-3-4-7-11/h6,12H,2-5,7-10H2,1H3. The maximum absolute atomic E-state index is 12.2. The highest BCUT2D eigenvalue weighted by molar-refractivity contribution is 5.94. The van der Waals surface area contributed by atoms with E-state index in [0.717, 1.165) is 44.2 Å². The molecule has 0 aromatic rings. The number of ether oxygens (including phenoxy) is 1. The lowest BCUT2D eigenvalue weighted by molar-refractivity contribution is -0.150. The van der Waals surface area contributed by atoms with Gasteiger partial charge < -0.3 is 9.64 Å². The number of esters is 1. The van der Waals surface area contributed by atoms with Crippen LogP contribution in [0.2, 0.25) is 0 Å². The van der Waals surface area contributed by atoms with Crippen LogP contribution >= 0.6 is 0 Å². The summed E-state index contributed by atoms with van der Waals surface area (Å²) in [5.41, 5.74) is 0.930. The van der Waals surface area contributed by atoms with Crippen molar-refractivity contribution in [3.63, 3.8) is 0 Å². The van der Waals surface area contributed by atoms with Crippen LogP contribution in [-0.2, 0) is 14.3 Å². The molecular formula is C14H21NO3. The molecule has 0 aromatic heterocycles. The van der Waals surface area contributed by atoms with Gasteiger partial charge in [-0.3, -0.25) is 9.59 Å². The van der Waals surface area contributed by atoms with Crippen LogP contribution in [0.15, 0.2) is 11.6 Å². The van der Waals surface area contributed by atoms with Gasteiger partial charge in [-0.2, -0.15) is 0 Å². The molecule has 4 nitrogen and oxygen atoms in total. The van der Waals surface area contributed by atoms with Crippen LogP contribution in [0.5, 0.6) is 0 Å². The average Bonchev–Trinajstić information content (AvgIpc) is 2.92. The Morgan fingerprint density at radius 2 is 2.28 bits per heavy atom. The summed E-state index contributed by atoms with van der Waals surface area (Å²) in [7, 11) is 0. The molecule has 1 aliphatic heterocycles. The second kappa shape index (κ2) is 6.03. The molecule has 0 bridgehead atoms. The van der Waals surface area contributed by atoms with Gasteiger partial charge in [0.1, 0.15) is 0 Å². The largest absolute Gasteiger partial charge is 0.466 e. The lowest BCUT2D eigenvalue weighted by atomic mass is 9.97. The van der Waals surface area contributed by atoms with Crippen LogP contribution in [0.1, 0.15) is 39.0 Å². The molecule has 4 heteroatoms. The van der Waals surface area contributed by atoms with Gasteiger partial charge in [0.2, 0.25) is 5.91 Å². The molecule has 1 atom stereocenters. The van der Waals surface area contributed by atoms with Gasteiger partial charge in [-0.25, -0.2) is 0 Å². The predicted molar refractivity (Wildman–Crippen MR) is 67.9 cm³/mol. The topological polar surface area (TPSA) is 46.6 Å². The Bertz CT molecular complexity index is 362. The van der Waals surface area contributed by atoms with Crippen molar-refractivity contribution in [1.29, 1.82) is 0 Å². The number of hydrogen-bond donors (Lipinski definition) is 0. The third-order valence-corrected chi connectivity index (χ3v) is 3.64. The summed E-state index contributed by atoms with van der Waals surface area (Å²) < 4.78 is 5.04. The first kappa shape index (κ1) is 13.1. The Labute approximate surface area is 108 Å². The summed E-state index contributed by atoms with van der Waals surface area (Å²) in [6.45, 7) is 3.52. The van der Waals surface area contributed by atoms with Crippen LogP contribution in [0.4, 0.5) is 0 Å². The van der Waals surface area contributed by atoms with E-state index >= 15 is 0 Å². The van der Waals surface area contributed by atoms with Crippen molar-refractivity contribution in [2.75, 3.05) is 19.7 Å². The zero-order valence-electron chi connectivity index (χ0n) is 11.0. The van der Waals surface area contributed by atoms with Gasteiger partial charge in [-0.05, 0) is 39.0 Å². The molecular weight excluding hydrogens is 230 g/mol. The van der Waals surface area contributed by atoms with E-state index in [4.69, 9.17) is 4.74 Å². The summed E-state index contributed by atoms with van der Waals surface area (Å²) in [5.74, 6) is -0.165. The van der Waals surface area contributed by atoms with Crippen LogP contribution < -0.4 is 0 Å². The zero-order chi connectivity index (χ0) is 13.0. The Morgan fingerprint density at radius 3 is 2.94 bits per heavy atom. The molecule has 1 saturated heterocycles. The van der Waals surface area contributed by atoms with Crippen molar-refractivity contribution in [2.24, 2.45) is 5.92 Å². The summed E-state index contributed by atoms with van der Waals surface area (Å²) in [4.78, 5) is 25.8. The lowest BCUT2D eigenvalue weighted by Crippen LogP contribution is -2.43. The molecule has 0 aromatic carbocycles. The summed E-state index contributed by atoms with van der Waals surface area (Å²) >= 11 is 0. The van der Waals surface area contributed by atoms with Gasteiger partial charge in [-0.15, -0.1) is 0 Å². The van der Waals surface area contributed by atoms with Crippen LogP contribution in [-0.4, -0.2) is 36.5 Å². The highest BCUT2D eigenvalue weighted by Gasteiger charge is 2.30. The Balaban J connectivity index is 1.93. The van der Waals surface area contributed by atoms with Crippen molar-refractivity contribution in [3.05, 3.63) is 11.6 Å². The Hall–Kier alpha value is -1.32. The Morgan fingerprint density at radius 1 is 1.44 bits per heavy atom. The third-order valence-electron chi connectivity index (χ3n) is 3.64. The second-order valence-corrected chi connectivity index (χ2v) is 4.96. The average molecular weight is 251 g/mol. The summed E-state index contributed by atoms with van der Waals surface area (Å²) in [6, 6.07) is 0. The van der Waals surface area contributed by atoms with Crippen molar-refractivity contribution >= 4 is 11.9 Å². The van der Waals surface area contributed by atoms with E-state index in [0.29, 0.717) is 13.2 Å². The smallest absolute Gasteiger partial charge is 0.310 e. The quantitative estimate of drug-likeness (QED) is 0.720. The van der Waals surface area contributed by atoms with E-state index in [9.17, 15) is 9.59 Å². The SMILES string of the molecule is CCOC(=O)C1CCCN(C(=O)C2=CCCC2)C1. The molecule has 1 aliphatic carbocycles. The van der Waals surface area contributed by atoms with Crippen molar-refractivity contribution in [3.8, 4) is 0 Å². The molecule has 1 unspecified atom stereocenters. The molecule has 0 radical (unpaired) electrons. The fourth-order valence-corrected chi connectivity index (χ4v) is 2.68. The fraction of sp³-hybridized carbons (Fsp3) is 0.714. The van der Waals surface area contributed by atoms with E-state index in [1.807, 2.05) is 17.9 Å². The molecule has 0 saturated carbocycles. The minimum Gasteiger partial charge on any atom is -0.466 e. The molecule has 0 N–H and O–H groups in total. The molecule has 1 heterocycles. The number of rotatable bonds is 3. The van der Waals surface area contributed by atoms with Gasteiger partial charge in [0.25, 0.3) is 0 Å². The molecule has 1 amide bonds. The van der Waals surface area contributed by atoms with Gasteiger partial charge in [0, 0.05) is 18.7 Å². The summed E-state index contributed by atoms with van der Waals surface area (Å²) in [5, 5.41) is 0. The number of hydrogen-bond acceptors (Lipinski definition) is 3.